The van der Waals surface area contributed by atoms with Gasteiger partial charge in [-0.3, -0.25) is 4.79 Å². The second kappa shape index (κ2) is 5.95. The van der Waals surface area contributed by atoms with Crippen molar-refractivity contribution >= 4 is 21.8 Å². The number of hydrogen-bond donors (Lipinski definition) is 0. The van der Waals surface area contributed by atoms with Crippen molar-refractivity contribution in [3.05, 3.63) is 29.0 Å². The maximum absolute atomic E-state index is 11.6. The Kier molecular flexibility index (Phi) is 4.30. The number of aromatic nitrogens is 2. The molecule has 1 atom stereocenters. The molecule has 0 saturated carbocycles. The van der Waals surface area contributed by atoms with E-state index in [0.29, 0.717) is 19.1 Å². The maximum atomic E-state index is 11.6. The minimum atomic E-state index is -0.0274. The van der Waals surface area contributed by atoms with Crippen molar-refractivity contribution in [1.82, 2.24) is 14.9 Å². The van der Waals surface area contributed by atoms with E-state index in [1.54, 1.807) is 29.4 Å². The number of carbonyl (C=O) groups is 1. The summed E-state index contributed by atoms with van der Waals surface area (Å²) in [6.45, 7) is 3.13. The lowest BCUT2D eigenvalue weighted by Gasteiger charge is -2.14. The second-order valence-corrected chi connectivity index (χ2v) is 4.91. The molecule has 2 heterocycles. The molecule has 1 fully saturated rings. The molecule has 0 N–H and O–H groups in total. The number of halogens is 1. The van der Waals surface area contributed by atoms with E-state index in [1.807, 2.05) is 6.92 Å². The third-order valence-corrected chi connectivity index (χ3v) is 3.04. The van der Waals surface area contributed by atoms with Crippen LogP contribution in [0.3, 0.4) is 0 Å². The van der Waals surface area contributed by atoms with Crippen LogP contribution in [0.1, 0.15) is 13.3 Å². The molecule has 1 aromatic heterocycles. The van der Waals surface area contributed by atoms with Gasteiger partial charge in [-0.2, -0.15) is 0 Å². The van der Waals surface area contributed by atoms with Gasteiger partial charge in [0, 0.05) is 25.4 Å². The molecule has 96 valence electrons. The van der Waals surface area contributed by atoms with Crippen molar-refractivity contribution < 1.29 is 9.53 Å². The zero-order valence-corrected chi connectivity index (χ0v) is 11.6. The van der Waals surface area contributed by atoms with E-state index >= 15 is 0 Å². The summed E-state index contributed by atoms with van der Waals surface area (Å²) in [4.78, 5) is 21.5. The normalized spacial score (nSPS) is 19.4. The zero-order valence-electron chi connectivity index (χ0n) is 10.0. The first-order chi connectivity index (χ1) is 8.69. The van der Waals surface area contributed by atoms with Gasteiger partial charge in [0.25, 0.3) is 0 Å². The van der Waals surface area contributed by atoms with Crippen molar-refractivity contribution in [2.24, 2.45) is 0 Å². The Morgan fingerprint density at radius 1 is 1.56 bits per heavy atom. The second-order valence-electron chi connectivity index (χ2n) is 4.00. The third kappa shape index (κ3) is 3.29. The third-order valence-electron chi connectivity index (χ3n) is 2.63. The van der Waals surface area contributed by atoms with E-state index in [9.17, 15) is 4.79 Å². The summed E-state index contributed by atoms with van der Waals surface area (Å²) in [7, 11) is 0. The lowest BCUT2D eigenvalue weighted by molar-refractivity contribution is -0.125. The van der Waals surface area contributed by atoms with Gasteiger partial charge in [0.05, 0.1) is 11.0 Å². The smallest absolute Gasteiger partial charge is 0.316 e. The lowest BCUT2D eigenvalue weighted by atomic mass is 10.3. The van der Waals surface area contributed by atoms with Gasteiger partial charge in [-0.15, -0.1) is 0 Å². The Morgan fingerprint density at radius 3 is 2.94 bits per heavy atom. The summed E-state index contributed by atoms with van der Waals surface area (Å²) in [5.74, 6) is 0.0281. The van der Waals surface area contributed by atoms with E-state index in [-0.39, 0.29) is 12.0 Å². The van der Waals surface area contributed by atoms with Gasteiger partial charge in [-0.1, -0.05) is 6.08 Å². The Balaban J connectivity index is 1.89. The Morgan fingerprint density at radius 2 is 2.28 bits per heavy atom. The van der Waals surface area contributed by atoms with Crippen LogP contribution in [0.15, 0.2) is 29.0 Å². The quantitative estimate of drug-likeness (QED) is 0.799. The van der Waals surface area contributed by atoms with E-state index in [4.69, 9.17) is 4.74 Å². The number of likely N-dealkylation sites (tertiary alicyclic amines) is 1. The first-order valence-corrected chi connectivity index (χ1v) is 6.54. The molecular formula is C12H14BrN3O2. The summed E-state index contributed by atoms with van der Waals surface area (Å²) in [6.07, 6.45) is 7.37. The fourth-order valence-electron chi connectivity index (χ4n) is 1.78. The average Bonchev–Trinajstić information content (AvgIpc) is 2.81. The molecule has 18 heavy (non-hydrogen) atoms. The van der Waals surface area contributed by atoms with Gasteiger partial charge in [0.2, 0.25) is 5.91 Å². The molecule has 0 bridgehead atoms. The van der Waals surface area contributed by atoms with Crippen LogP contribution in [0, 0.1) is 0 Å². The number of nitrogens with zero attached hydrogens (tertiary/aromatic N) is 3. The molecular weight excluding hydrogens is 298 g/mol. The number of amides is 1. The number of carbonyl (C=O) groups excluding carboxylic acids is 1. The topological polar surface area (TPSA) is 55.3 Å². The van der Waals surface area contributed by atoms with Crippen LogP contribution in [-0.2, 0) is 4.79 Å². The highest BCUT2D eigenvalue weighted by Gasteiger charge is 2.26. The van der Waals surface area contributed by atoms with Crippen LogP contribution < -0.4 is 4.74 Å². The van der Waals surface area contributed by atoms with Gasteiger partial charge in [0.1, 0.15) is 6.10 Å². The molecule has 0 spiro atoms. The summed E-state index contributed by atoms with van der Waals surface area (Å²) in [5.41, 5.74) is 0. The maximum Gasteiger partial charge on any atom is 0.316 e. The molecule has 1 aliphatic heterocycles. The summed E-state index contributed by atoms with van der Waals surface area (Å²) >= 11 is 3.26. The summed E-state index contributed by atoms with van der Waals surface area (Å²) in [6, 6.07) is 0.350. The van der Waals surface area contributed by atoms with Gasteiger partial charge >= 0.3 is 6.01 Å². The largest absolute Gasteiger partial charge is 0.458 e. The van der Waals surface area contributed by atoms with Gasteiger partial charge < -0.3 is 9.64 Å². The van der Waals surface area contributed by atoms with E-state index in [2.05, 4.69) is 25.9 Å². The van der Waals surface area contributed by atoms with Crippen molar-refractivity contribution in [2.75, 3.05) is 13.1 Å². The summed E-state index contributed by atoms with van der Waals surface area (Å²) < 4.78 is 6.44. The van der Waals surface area contributed by atoms with E-state index in [0.717, 1.165) is 10.9 Å². The molecule has 1 aliphatic rings. The zero-order chi connectivity index (χ0) is 13.0. The van der Waals surface area contributed by atoms with Crippen molar-refractivity contribution in [3.63, 3.8) is 0 Å². The van der Waals surface area contributed by atoms with Crippen LogP contribution in [0.4, 0.5) is 0 Å². The fourth-order valence-corrected chi connectivity index (χ4v) is 1.99. The van der Waals surface area contributed by atoms with Crippen LogP contribution in [0.5, 0.6) is 6.01 Å². The highest BCUT2D eigenvalue weighted by molar-refractivity contribution is 9.10. The van der Waals surface area contributed by atoms with Gasteiger partial charge in [-0.25, -0.2) is 9.97 Å². The van der Waals surface area contributed by atoms with Crippen molar-refractivity contribution in [1.29, 1.82) is 0 Å². The van der Waals surface area contributed by atoms with E-state index < -0.39 is 0 Å². The minimum absolute atomic E-state index is 0.0274. The molecule has 0 radical (unpaired) electrons. The Hall–Kier alpha value is -1.43. The first-order valence-electron chi connectivity index (χ1n) is 5.75. The number of ether oxygens (including phenoxy) is 1. The van der Waals surface area contributed by atoms with Crippen molar-refractivity contribution in [2.45, 2.75) is 19.4 Å². The minimum Gasteiger partial charge on any atom is -0.458 e. The average molecular weight is 312 g/mol. The molecule has 0 aromatic carbocycles. The number of allylic oxidation sites excluding steroid dienone is 1. The van der Waals surface area contributed by atoms with Crippen LogP contribution >= 0.6 is 15.9 Å². The molecule has 0 aliphatic carbocycles. The monoisotopic (exact) mass is 311 g/mol. The molecule has 6 heteroatoms. The molecule has 2 rings (SSSR count). The van der Waals surface area contributed by atoms with Crippen LogP contribution in [-0.4, -0.2) is 40.0 Å². The van der Waals surface area contributed by atoms with Gasteiger partial charge in [0.15, 0.2) is 0 Å². The van der Waals surface area contributed by atoms with Gasteiger partial charge in [-0.05, 0) is 28.9 Å². The molecule has 5 nitrogen and oxygen atoms in total. The summed E-state index contributed by atoms with van der Waals surface area (Å²) in [5, 5.41) is 0. The molecule has 1 aromatic rings. The SMILES string of the molecule is C/C=C/C(=O)N1CCC(Oc2ncc(Br)cn2)C1. The fraction of sp³-hybridized carbons (Fsp3) is 0.417. The first kappa shape index (κ1) is 13.0. The Labute approximate surface area is 114 Å². The highest BCUT2D eigenvalue weighted by atomic mass is 79.9. The lowest BCUT2D eigenvalue weighted by Crippen LogP contribution is -2.29. The highest BCUT2D eigenvalue weighted by Crippen LogP contribution is 2.16. The number of hydrogen-bond acceptors (Lipinski definition) is 4. The molecule has 1 saturated heterocycles. The standard InChI is InChI=1S/C12H14BrN3O2/c1-2-3-11(17)16-5-4-10(8-16)18-12-14-6-9(13)7-15-12/h2-3,6-7,10H,4-5,8H2,1H3/b3-2+. The number of rotatable bonds is 3. The predicted molar refractivity (Wildman–Crippen MR) is 70.2 cm³/mol. The van der Waals surface area contributed by atoms with Crippen LogP contribution in [0.25, 0.3) is 0 Å². The van der Waals surface area contributed by atoms with Crippen molar-refractivity contribution in [3.8, 4) is 6.01 Å². The Bertz CT molecular complexity index is 447. The van der Waals surface area contributed by atoms with E-state index in [1.165, 1.54) is 0 Å². The molecule has 1 amide bonds. The predicted octanol–water partition coefficient (Wildman–Crippen LogP) is 1.79. The van der Waals surface area contributed by atoms with Crippen LogP contribution in [0.2, 0.25) is 0 Å². The molecule has 1 unspecified atom stereocenters.